The largest absolute Gasteiger partial charge is 0.508 e. The second-order valence-corrected chi connectivity index (χ2v) is 3.16. The first-order chi connectivity index (χ1) is 6.36. The fourth-order valence-electron chi connectivity index (χ4n) is 1.50. The Balaban J connectivity index is 2.14. The quantitative estimate of drug-likeness (QED) is 0.677. The molecule has 2 rings (SSSR count). The van der Waals surface area contributed by atoms with E-state index in [0.717, 1.165) is 25.3 Å². The molecule has 1 saturated heterocycles. The second kappa shape index (κ2) is 3.77. The Morgan fingerprint density at radius 2 is 2.38 bits per heavy atom. The highest BCUT2D eigenvalue weighted by Crippen LogP contribution is 2.21. The van der Waals surface area contributed by atoms with Crippen LogP contribution in [0.5, 0.6) is 5.75 Å². The van der Waals surface area contributed by atoms with Crippen LogP contribution < -0.4 is 5.32 Å². The van der Waals surface area contributed by atoms with Gasteiger partial charge in [-0.3, -0.25) is 0 Å². The predicted molar refractivity (Wildman–Crippen MR) is 49.7 cm³/mol. The van der Waals surface area contributed by atoms with E-state index in [-0.39, 0.29) is 6.10 Å². The Morgan fingerprint density at radius 3 is 3.08 bits per heavy atom. The molecule has 1 atom stereocenters. The lowest BCUT2D eigenvalue weighted by Gasteiger charge is -2.23. The van der Waals surface area contributed by atoms with Crippen molar-refractivity contribution in [1.29, 1.82) is 0 Å². The number of morpholine rings is 1. The van der Waals surface area contributed by atoms with E-state index in [1.807, 2.05) is 12.1 Å². The third-order valence-corrected chi connectivity index (χ3v) is 2.17. The number of phenolic OH excluding ortho intramolecular Hbond substituents is 1. The van der Waals surface area contributed by atoms with Gasteiger partial charge in [0.15, 0.2) is 0 Å². The monoisotopic (exact) mass is 179 g/mol. The maximum Gasteiger partial charge on any atom is 0.115 e. The van der Waals surface area contributed by atoms with E-state index in [1.54, 1.807) is 12.1 Å². The van der Waals surface area contributed by atoms with Gasteiger partial charge in [-0.25, -0.2) is 0 Å². The number of phenols is 1. The van der Waals surface area contributed by atoms with Crippen molar-refractivity contribution in [3.05, 3.63) is 29.8 Å². The Morgan fingerprint density at radius 1 is 1.46 bits per heavy atom. The number of hydrogen-bond acceptors (Lipinski definition) is 3. The minimum Gasteiger partial charge on any atom is -0.508 e. The Bertz CT molecular complexity index is 282. The molecule has 3 nitrogen and oxygen atoms in total. The summed E-state index contributed by atoms with van der Waals surface area (Å²) in [5.41, 5.74) is 1.03. The minimum absolute atomic E-state index is 0.0841. The van der Waals surface area contributed by atoms with E-state index in [0.29, 0.717) is 5.75 Å². The van der Waals surface area contributed by atoms with Crippen LogP contribution in [0.2, 0.25) is 0 Å². The molecule has 0 unspecified atom stereocenters. The average molecular weight is 179 g/mol. The molecule has 2 N–H and O–H groups in total. The first-order valence-electron chi connectivity index (χ1n) is 4.47. The standard InChI is InChI=1S/C10H13NO2/c12-9-3-1-2-8(6-9)10-7-11-4-5-13-10/h1-3,6,10-12H,4-5,7H2/t10-/m0/s1. The zero-order chi connectivity index (χ0) is 9.10. The summed E-state index contributed by atoms with van der Waals surface area (Å²) in [6.45, 7) is 2.47. The molecule has 1 heterocycles. The molecule has 0 amide bonds. The van der Waals surface area contributed by atoms with E-state index < -0.39 is 0 Å². The van der Waals surface area contributed by atoms with Crippen LogP contribution in [0.25, 0.3) is 0 Å². The van der Waals surface area contributed by atoms with Gasteiger partial charge in [0, 0.05) is 13.1 Å². The van der Waals surface area contributed by atoms with Crippen LogP contribution >= 0.6 is 0 Å². The summed E-state index contributed by atoms with van der Waals surface area (Å²) in [7, 11) is 0. The van der Waals surface area contributed by atoms with Gasteiger partial charge in [-0.1, -0.05) is 12.1 Å². The number of hydrogen-bond donors (Lipinski definition) is 2. The minimum atomic E-state index is 0.0841. The van der Waals surface area contributed by atoms with Gasteiger partial charge in [-0.05, 0) is 17.7 Å². The summed E-state index contributed by atoms with van der Waals surface area (Å²) in [6, 6.07) is 7.22. The smallest absolute Gasteiger partial charge is 0.115 e. The topological polar surface area (TPSA) is 41.5 Å². The third-order valence-electron chi connectivity index (χ3n) is 2.17. The van der Waals surface area contributed by atoms with E-state index in [4.69, 9.17) is 4.74 Å². The second-order valence-electron chi connectivity index (χ2n) is 3.16. The fourth-order valence-corrected chi connectivity index (χ4v) is 1.50. The molecule has 0 aliphatic carbocycles. The molecule has 1 aliphatic heterocycles. The number of nitrogens with one attached hydrogen (secondary N) is 1. The molecule has 13 heavy (non-hydrogen) atoms. The van der Waals surface area contributed by atoms with Crippen molar-refractivity contribution in [2.45, 2.75) is 6.10 Å². The molecule has 0 aromatic heterocycles. The van der Waals surface area contributed by atoms with Gasteiger partial charge in [-0.2, -0.15) is 0 Å². The van der Waals surface area contributed by atoms with Crippen molar-refractivity contribution in [1.82, 2.24) is 5.32 Å². The van der Waals surface area contributed by atoms with Crippen molar-refractivity contribution in [2.75, 3.05) is 19.7 Å². The average Bonchev–Trinajstić information content (AvgIpc) is 2.19. The maximum atomic E-state index is 9.27. The summed E-state index contributed by atoms with van der Waals surface area (Å²) in [5.74, 6) is 0.298. The van der Waals surface area contributed by atoms with E-state index in [2.05, 4.69) is 5.32 Å². The maximum absolute atomic E-state index is 9.27. The molecular formula is C10H13NO2. The summed E-state index contributed by atoms with van der Waals surface area (Å²) in [6.07, 6.45) is 0.0841. The van der Waals surface area contributed by atoms with Crippen LogP contribution in [0.15, 0.2) is 24.3 Å². The Labute approximate surface area is 77.3 Å². The van der Waals surface area contributed by atoms with Crippen LogP contribution in [-0.4, -0.2) is 24.8 Å². The van der Waals surface area contributed by atoms with Crippen molar-refractivity contribution >= 4 is 0 Å². The zero-order valence-electron chi connectivity index (χ0n) is 7.36. The van der Waals surface area contributed by atoms with Crippen molar-refractivity contribution < 1.29 is 9.84 Å². The van der Waals surface area contributed by atoms with Gasteiger partial charge in [-0.15, -0.1) is 0 Å². The molecule has 70 valence electrons. The van der Waals surface area contributed by atoms with Crippen LogP contribution in [0.4, 0.5) is 0 Å². The summed E-state index contributed by atoms with van der Waals surface area (Å²) < 4.78 is 5.55. The molecule has 1 aromatic rings. The first kappa shape index (κ1) is 8.53. The molecule has 0 bridgehead atoms. The third kappa shape index (κ3) is 1.99. The van der Waals surface area contributed by atoms with Crippen molar-refractivity contribution in [2.24, 2.45) is 0 Å². The van der Waals surface area contributed by atoms with Gasteiger partial charge >= 0.3 is 0 Å². The van der Waals surface area contributed by atoms with Crippen molar-refractivity contribution in [3.63, 3.8) is 0 Å². The lowest BCUT2D eigenvalue weighted by atomic mass is 10.1. The van der Waals surface area contributed by atoms with Gasteiger partial charge in [0.1, 0.15) is 5.75 Å². The van der Waals surface area contributed by atoms with Crippen LogP contribution in [-0.2, 0) is 4.74 Å². The SMILES string of the molecule is Oc1cccc([C@@H]2CNCCO2)c1. The van der Waals surface area contributed by atoms with Gasteiger partial charge in [0.05, 0.1) is 12.7 Å². The first-order valence-corrected chi connectivity index (χ1v) is 4.47. The molecule has 1 aliphatic rings. The predicted octanol–water partition coefficient (Wildman–Crippen LogP) is 1.05. The molecule has 1 fully saturated rings. The van der Waals surface area contributed by atoms with Gasteiger partial charge < -0.3 is 15.2 Å². The molecule has 1 aromatic carbocycles. The number of aromatic hydroxyl groups is 1. The highest BCUT2D eigenvalue weighted by atomic mass is 16.5. The Kier molecular flexibility index (Phi) is 2.47. The van der Waals surface area contributed by atoms with E-state index in [1.165, 1.54) is 0 Å². The van der Waals surface area contributed by atoms with Crippen molar-refractivity contribution in [3.8, 4) is 5.75 Å². The summed E-state index contributed by atoms with van der Waals surface area (Å²) in [5, 5.41) is 12.5. The van der Waals surface area contributed by atoms with Crippen LogP contribution in [0, 0.1) is 0 Å². The Hall–Kier alpha value is -1.06. The molecular weight excluding hydrogens is 166 g/mol. The van der Waals surface area contributed by atoms with E-state index in [9.17, 15) is 5.11 Å². The molecule has 0 spiro atoms. The zero-order valence-corrected chi connectivity index (χ0v) is 7.36. The molecule has 0 saturated carbocycles. The highest BCUT2D eigenvalue weighted by molar-refractivity contribution is 5.29. The summed E-state index contributed by atoms with van der Waals surface area (Å²) >= 11 is 0. The summed E-state index contributed by atoms with van der Waals surface area (Å²) in [4.78, 5) is 0. The fraction of sp³-hybridized carbons (Fsp3) is 0.400. The molecule has 3 heteroatoms. The van der Waals surface area contributed by atoms with Crippen LogP contribution in [0.1, 0.15) is 11.7 Å². The van der Waals surface area contributed by atoms with Crippen LogP contribution in [0.3, 0.4) is 0 Å². The van der Waals surface area contributed by atoms with Gasteiger partial charge in [0.2, 0.25) is 0 Å². The van der Waals surface area contributed by atoms with E-state index >= 15 is 0 Å². The number of rotatable bonds is 1. The lowest BCUT2D eigenvalue weighted by Crippen LogP contribution is -2.33. The highest BCUT2D eigenvalue weighted by Gasteiger charge is 2.15. The van der Waals surface area contributed by atoms with Gasteiger partial charge in [0.25, 0.3) is 0 Å². The number of benzene rings is 1. The lowest BCUT2D eigenvalue weighted by molar-refractivity contribution is 0.0276. The number of ether oxygens (including phenoxy) is 1. The normalized spacial score (nSPS) is 22.9. The molecule has 0 radical (unpaired) electrons.